The number of halogens is 2. The van der Waals surface area contributed by atoms with E-state index in [1.54, 1.807) is 36.4 Å². The molecule has 224 valence electrons. The van der Waals surface area contributed by atoms with Gasteiger partial charge in [-0.05, 0) is 41.8 Å². The molecule has 0 radical (unpaired) electrons. The molecule has 4 rings (SSSR count). The second-order valence-electron chi connectivity index (χ2n) is 9.86. The maximum absolute atomic E-state index is 13.8. The number of likely N-dealkylation sites (N-methyl/N-ethyl adjacent to an activating group) is 1. The number of carbonyl (C=O) groups excluding carboxylic acids is 2. The van der Waals surface area contributed by atoms with E-state index in [-0.39, 0.29) is 37.7 Å². The van der Waals surface area contributed by atoms with Gasteiger partial charge >= 0.3 is 0 Å². The molecular formula is C30H33Cl2N3O6S. The smallest absolute Gasteiger partial charge is 0.242 e. The molecule has 0 aromatic heterocycles. The summed E-state index contributed by atoms with van der Waals surface area (Å²) < 4.78 is 37.9. The molecule has 0 spiro atoms. The van der Waals surface area contributed by atoms with Crippen molar-refractivity contribution in [1.29, 1.82) is 0 Å². The minimum atomic E-state index is -3.67. The number of sulfonamides is 1. The highest BCUT2D eigenvalue weighted by molar-refractivity contribution is 7.92. The number of anilines is 1. The van der Waals surface area contributed by atoms with Crippen LogP contribution in [0.25, 0.3) is 0 Å². The number of amides is 2. The van der Waals surface area contributed by atoms with Crippen LogP contribution in [0.4, 0.5) is 5.69 Å². The molecule has 0 fully saturated rings. The van der Waals surface area contributed by atoms with Gasteiger partial charge in [0.2, 0.25) is 21.8 Å². The van der Waals surface area contributed by atoms with Crippen LogP contribution in [0.3, 0.4) is 0 Å². The summed E-state index contributed by atoms with van der Waals surface area (Å²) in [5, 5.41) is 3.40. The van der Waals surface area contributed by atoms with E-state index in [9.17, 15) is 18.0 Å². The zero-order valence-corrected chi connectivity index (χ0v) is 25.7. The predicted octanol–water partition coefficient (Wildman–Crippen LogP) is 4.70. The molecule has 1 N–H and O–H groups in total. The summed E-state index contributed by atoms with van der Waals surface area (Å²) in [4.78, 5) is 28.4. The lowest BCUT2D eigenvalue weighted by Crippen LogP contribution is -2.49. The van der Waals surface area contributed by atoms with E-state index in [4.69, 9.17) is 32.7 Å². The Bertz CT molecular complexity index is 1520. The molecule has 12 heteroatoms. The number of hydrogen-bond donors (Lipinski definition) is 1. The van der Waals surface area contributed by atoms with Gasteiger partial charge in [0, 0.05) is 39.0 Å². The Morgan fingerprint density at radius 2 is 1.64 bits per heavy atom. The lowest BCUT2D eigenvalue weighted by Gasteiger charge is -2.32. The van der Waals surface area contributed by atoms with E-state index in [0.717, 1.165) is 11.8 Å². The summed E-state index contributed by atoms with van der Waals surface area (Å²) in [6.07, 6.45) is 1.62. The van der Waals surface area contributed by atoms with Crippen LogP contribution in [0, 0.1) is 0 Å². The summed E-state index contributed by atoms with van der Waals surface area (Å²) in [7, 11) is -2.15. The zero-order chi connectivity index (χ0) is 30.3. The van der Waals surface area contributed by atoms with Crippen molar-refractivity contribution < 1.29 is 27.5 Å². The van der Waals surface area contributed by atoms with Crippen LogP contribution in [-0.2, 0) is 32.6 Å². The Morgan fingerprint density at radius 1 is 0.929 bits per heavy atom. The average Bonchev–Trinajstić information content (AvgIpc) is 2.98. The third-order valence-electron chi connectivity index (χ3n) is 6.82. The highest BCUT2D eigenvalue weighted by atomic mass is 35.5. The number of hydrogen-bond acceptors (Lipinski definition) is 6. The molecule has 42 heavy (non-hydrogen) atoms. The quantitative estimate of drug-likeness (QED) is 0.310. The topological polar surface area (TPSA) is 105 Å². The number of fused-ring (bicyclic) bond motifs is 1. The van der Waals surface area contributed by atoms with Gasteiger partial charge in [0.15, 0.2) is 11.5 Å². The Morgan fingerprint density at radius 3 is 2.31 bits per heavy atom. The molecule has 2 amide bonds. The second-order valence-corrected chi connectivity index (χ2v) is 12.6. The predicted molar refractivity (Wildman–Crippen MR) is 164 cm³/mol. The van der Waals surface area contributed by atoms with Crippen LogP contribution in [-0.4, -0.2) is 64.2 Å². The molecule has 1 atom stereocenters. The van der Waals surface area contributed by atoms with Gasteiger partial charge in [-0.25, -0.2) is 8.42 Å². The number of nitrogens with one attached hydrogen (secondary N) is 1. The highest BCUT2D eigenvalue weighted by Gasteiger charge is 2.30. The number of ether oxygens (including phenoxy) is 2. The van der Waals surface area contributed by atoms with Crippen LogP contribution in [0.2, 0.25) is 10.0 Å². The molecule has 1 aliphatic rings. The van der Waals surface area contributed by atoms with Gasteiger partial charge in [-0.1, -0.05) is 59.6 Å². The number of nitrogens with zero attached hydrogens (tertiary/aromatic N) is 2. The average molecular weight is 635 g/mol. The standard InChI is InChI=1S/C30H33Cl2N3O6S/c1-33-30(37)26(18-21-7-4-3-5-8-21)34(20-22-10-12-24(31)25(32)17-22)29(36)9-6-14-35(42(2,38)39)23-11-13-27-28(19-23)41-16-15-40-27/h3-5,7-8,10-13,17,19,26H,6,9,14-16,18,20H2,1-2H3,(H,33,37)/t26-/m1/s1. The molecule has 0 saturated carbocycles. The molecule has 0 saturated heterocycles. The van der Waals surface area contributed by atoms with Crippen molar-refractivity contribution in [2.75, 3.05) is 37.4 Å². The lowest BCUT2D eigenvalue weighted by molar-refractivity contribution is -0.141. The van der Waals surface area contributed by atoms with Crippen molar-refractivity contribution in [3.8, 4) is 11.5 Å². The molecule has 0 bridgehead atoms. The molecule has 0 aliphatic carbocycles. The Labute approximate surface area is 256 Å². The van der Waals surface area contributed by atoms with Crippen molar-refractivity contribution in [2.45, 2.75) is 31.8 Å². The van der Waals surface area contributed by atoms with Crippen molar-refractivity contribution in [1.82, 2.24) is 10.2 Å². The maximum Gasteiger partial charge on any atom is 0.242 e. The van der Waals surface area contributed by atoms with Gasteiger partial charge in [-0.3, -0.25) is 13.9 Å². The van der Waals surface area contributed by atoms with E-state index in [1.165, 1.54) is 16.3 Å². The fourth-order valence-electron chi connectivity index (χ4n) is 4.75. The van der Waals surface area contributed by atoms with Crippen molar-refractivity contribution in [3.05, 3.63) is 87.9 Å². The number of benzene rings is 3. The fourth-order valence-corrected chi connectivity index (χ4v) is 6.02. The monoisotopic (exact) mass is 633 g/mol. The molecule has 3 aromatic rings. The van der Waals surface area contributed by atoms with Crippen LogP contribution in [0.1, 0.15) is 24.0 Å². The minimum Gasteiger partial charge on any atom is -0.486 e. The van der Waals surface area contributed by atoms with Gasteiger partial charge in [-0.15, -0.1) is 0 Å². The highest BCUT2D eigenvalue weighted by Crippen LogP contribution is 2.35. The van der Waals surface area contributed by atoms with Gasteiger partial charge in [0.05, 0.1) is 22.0 Å². The van der Waals surface area contributed by atoms with Crippen LogP contribution in [0.5, 0.6) is 11.5 Å². The first-order valence-corrected chi connectivity index (χ1v) is 16.0. The third-order valence-corrected chi connectivity index (χ3v) is 8.75. The van der Waals surface area contributed by atoms with E-state index in [0.29, 0.717) is 52.4 Å². The third kappa shape index (κ3) is 8.08. The normalized spacial score (nSPS) is 13.2. The fraction of sp³-hybridized carbons (Fsp3) is 0.333. The van der Waals surface area contributed by atoms with E-state index in [1.807, 2.05) is 30.3 Å². The largest absolute Gasteiger partial charge is 0.486 e. The SMILES string of the molecule is CNC(=O)[C@@H](Cc1ccccc1)N(Cc1ccc(Cl)c(Cl)c1)C(=O)CCCN(c1ccc2c(c1)OCCO2)S(C)(=O)=O. The summed E-state index contributed by atoms with van der Waals surface area (Å²) in [5.41, 5.74) is 2.00. The Hall–Kier alpha value is -3.47. The Kier molecular flexibility index (Phi) is 10.6. The zero-order valence-electron chi connectivity index (χ0n) is 23.4. The van der Waals surface area contributed by atoms with Crippen molar-refractivity contribution in [3.63, 3.8) is 0 Å². The lowest BCUT2D eigenvalue weighted by atomic mass is 10.0. The van der Waals surface area contributed by atoms with Crippen LogP contribution in [0.15, 0.2) is 66.7 Å². The van der Waals surface area contributed by atoms with Crippen LogP contribution >= 0.6 is 23.2 Å². The number of rotatable bonds is 12. The van der Waals surface area contributed by atoms with Crippen LogP contribution < -0.4 is 19.1 Å². The Balaban J connectivity index is 1.56. The first-order chi connectivity index (χ1) is 20.1. The maximum atomic E-state index is 13.8. The molecule has 1 heterocycles. The second kappa shape index (κ2) is 14.1. The van der Waals surface area contributed by atoms with Crippen molar-refractivity contribution in [2.24, 2.45) is 0 Å². The molecule has 3 aromatic carbocycles. The summed E-state index contributed by atoms with van der Waals surface area (Å²) in [6, 6.07) is 18.6. The molecular weight excluding hydrogens is 601 g/mol. The first kappa shape index (κ1) is 31.5. The minimum absolute atomic E-state index is 0.000176. The summed E-state index contributed by atoms with van der Waals surface area (Å²) in [6.45, 7) is 0.949. The van der Waals surface area contributed by atoms with E-state index in [2.05, 4.69) is 5.32 Å². The van der Waals surface area contributed by atoms with Gasteiger partial charge in [-0.2, -0.15) is 0 Å². The van der Waals surface area contributed by atoms with Gasteiger partial charge in [0.1, 0.15) is 19.3 Å². The molecule has 1 aliphatic heterocycles. The number of carbonyl (C=O) groups is 2. The molecule has 0 unspecified atom stereocenters. The summed E-state index contributed by atoms with van der Waals surface area (Å²) >= 11 is 12.3. The van der Waals surface area contributed by atoms with Gasteiger partial charge in [0.25, 0.3) is 0 Å². The van der Waals surface area contributed by atoms with Crippen molar-refractivity contribution >= 4 is 50.7 Å². The van der Waals surface area contributed by atoms with E-state index >= 15 is 0 Å². The van der Waals surface area contributed by atoms with Gasteiger partial charge < -0.3 is 19.7 Å². The molecule has 9 nitrogen and oxygen atoms in total. The summed E-state index contributed by atoms with van der Waals surface area (Å²) in [5.74, 6) is 0.387. The van der Waals surface area contributed by atoms with E-state index < -0.39 is 16.1 Å². The first-order valence-electron chi connectivity index (χ1n) is 13.4.